The summed E-state index contributed by atoms with van der Waals surface area (Å²) in [6.07, 6.45) is 1.48. The molecule has 1 aliphatic heterocycles. The number of nitro benzene ring substituents is 1. The fourth-order valence-electron chi connectivity index (χ4n) is 2.80. The number of carbonyl (C=O) groups is 1. The van der Waals surface area contributed by atoms with Crippen LogP contribution in [0.2, 0.25) is 0 Å². The molecule has 4 rings (SSSR count). The summed E-state index contributed by atoms with van der Waals surface area (Å²) in [6, 6.07) is 17.0. The highest BCUT2D eigenvalue weighted by Gasteiger charge is 2.24. The van der Waals surface area contributed by atoms with Crippen LogP contribution in [0.25, 0.3) is 17.4 Å². The van der Waals surface area contributed by atoms with Crippen molar-refractivity contribution in [2.24, 2.45) is 4.99 Å². The van der Waals surface area contributed by atoms with Gasteiger partial charge in [-0.05, 0) is 31.2 Å². The highest BCUT2D eigenvalue weighted by Crippen LogP contribution is 2.27. The van der Waals surface area contributed by atoms with Crippen LogP contribution in [0.3, 0.4) is 0 Å². The van der Waals surface area contributed by atoms with E-state index >= 15 is 0 Å². The lowest BCUT2D eigenvalue weighted by Crippen LogP contribution is -2.05. The Kier molecular flexibility index (Phi) is 4.33. The molecule has 1 aliphatic rings. The van der Waals surface area contributed by atoms with Crippen molar-refractivity contribution in [3.05, 3.63) is 93.4 Å². The van der Waals surface area contributed by atoms with E-state index in [0.29, 0.717) is 22.6 Å². The topological polar surface area (TPSA) is 94.9 Å². The third-order valence-corrected chi connectivity index (χ3v) is 4.13. The number of benzene rings is 2. The third-order valence-electron chi connectivity index (χ3n) is 4.13. The Morgan fingerprint density at radius 3 is 2.61 bits per heavy atom. The predicted molar refractivity (Wildman–Crippen MR) is 103 cm³/mol. The number of carbonyl (C=O) groups excluding carboxylic acids is 1. The minimum atomic E-state index is -0.565. The molecule has 0 N–H and O–H groups in total. The standard InChI is InChI=1S/C21H14N2O5/c1-13-4-2-6-15(10-13)20-22-18(21(24)28-20)12-17-8-9-19(27-17)14-5-3-7-16(11-14)23(25)26/h2-12H,1H3/b18-12+. The van der Waals surface area contributed by atoms with Gasteiger partial charge in [-0.1, -0.05) is 29.8 Å². The first-order valence-electron chi connectivity index (χ1n) is 8.44. The average Bonchev–Trinajstić information content (AvgIpc) is 3.29. The molecule has 28 heavy (non-hydrogen) atoms. The summed E-state index contributed by atoms with van der Waals surface area (Å²) in [5.41, 5.74) is 2.41. The van der Waals surface area contributed by atoms with Crippen LogP contribution >= 0.6 is 0 Å². The number of aliphatic imine (C=N–C) groups is 1. The van der Waals surface area contributed by atoms with Crippen molar-refractivity contribution in [1.82, 2.24) is 0 Å². The fourth-order valence-corrected chi connectivity index (χ4v) is 2.80. The second-order valence-corrected chi connectivity index (χ2v) is 6.21. The Balaban J connectivity index is 1.62. The number of hydrogen-bond acceptors (Lipinski definition) is 6. The van der Waals surface area contributed by atoms with Crippen molar-refractivity contribution < 1.29 is 18.9 Å². The number of aryl methyl sites for hydroxylation is 1. The van der Waals surface area contributed by atoms with Crippen LogP contribution in [0.1, 0.15) is 16.9 Å². The lowest BCUT2D eigenvalue weighted by atomic mass is 10.1. The number of furan rings is 1. The lowest BCUT2D eigenvalue weighted by Gasteiger charge is -1.99. The van der Waals surface area contributed by atoms with E-state index in [0.717, 1.165) is 5.56 Å². The van der Waals surface area contributed by atoms with Crippen LogP contribution in [-0.4, -0.2) is 16.8 Å². The number of esters is 1. The largest absolute Gasteiger partial charge is 0.457 e. The number of nitrogens with zero attached hydrogens (tertiary/aromatic N) is 2. The van der Waals surface area contributed by atoms with Crippen molar-refractivity contribution in [3.8, 4) is 11.3 Å². The first kappa shape index (κ1) is 17.4. The van der Waals surface area contributed by atoms with Crippen LogP contribution in [0.4, 0.5) is 5.69 Å². The van der Waals surface area contributed by atoms with Gasteiger partial charge in [0.1, 0.15) is 11.5 Å². The van der Waals surface area contributed by atoms with Gasteiger partial charge in [0, 0.05) is 29.3 Å². The van der Waals surface area contributed by atoms with Gasteiger partial charge >= 0.3 is 5.97 Å². The molecule has 138 valence electrons. The molecule has 0 saturated heterocycles. The highest BCUT2D eigenvalue weighted by atomic mass is 16.6. The number of non-ortho nitro benzene ring substituents is 1. The summed E-state index contributed by atoms with van der Waals surface area (Å²) in [7, 11) is 0. The molecule has 3 aromatic rings. The number of cyclic esters (lactones) is 1. The average molecular weight is 374 g/mol. The molecule has 1 aromatic heterocycles. The van der Waals surface area contributed by atoms with Gasteiger partial charge in [0.25, 0.3) is 5.69 Å². The van der Waals surface area contributed by atoms with E-state index in [4.69, 9.17) is 9.15 Å². The zero-order valence-electron chi connectivity index (χ0n) is 14.8. The van der Waals surface area contributed by atoms with Gasteiger partial charge in [-0.15, -0.1) is 0 Å². The molecule has 2 heterocycles. The van der Waals surface area contributed by atoms with E-state index < -0.39 is 10.9 Å². The van der Waals surface area contributed by atoms with Crippen molar-refractivity contribution in [2.75, 3.05) is 0 Å². The maximum absolute atomic E-state index is 12.1. The first-order valence-corrected chi connectivity index (χ1v) is 8.44. The number of ether oxygens (including phenoxy) is 1. The Morgan fingerprint density at radius 2 is 1.82 bits per heavy atom. The Hall–Kier alpha value is -4.00. The quantitative estimate of drug-likeness (QED) is 0.290. The summed E-state index contributed by atoms with van der Waals surface area (Å²) in [6.45, 7) is 1.94. The Morgan fingerprint density at radius 1 is 1.04 bits per heavy atom. The number of rotatable bonds is 4. The van der Waals surface area contributed by atoms with E-state index in [1.807, 2.05) is 31.2 Å². The minimum Gasteiger partial charge on any atom is -0.457 e. The molecule has 0 spiro atoms. The van der Waals surface area contributed by atoms with E-state index in [1.165, 1.54) is 18.2 Å². The van der Waals surface area contributed by atoms with Crippen molar-refractivity contribution in [2.45, 2.75) is 6.92 Å². The van der Waals surface area contributed by atoms with Gasteiger partial charge in [-0.3, -0.25) is 10.1 Å². The molecule has 0 amide bonds. The maximum atomic E-state index is 12.1. The Bertz CT molecular complexity index is 1160. The predicted octanol–water partition coefficient (Wildman–Crippen LogP) is 4.51. The van der Waals surface area contributed by atoms with E-state index in [-0.39, 0.29) is 17.3 Å². The van der Waals surface area contributed by atoms with Gasteiger partial charge in [-0.25, -0.2) is 9.79 Å². The molecule has 2 aromatic carbocycles. The van der Waals surface area contributed by atoms with Crippen LogP contribution in [0, 0.1) is 17.0 Å². The van der Waals surface area contributed by atoms with Crippen LogP contribution in [-0.2, 0) is 9.53 Å². The maximum Gasteiger partial charge on any atom is 0.363 e. The molecule has 0 atom stereocenters. The molecular formula is C21H14N2O5. The van der Waals surface area contributed by atoms with Gasteiger partial charge < -0.3 is 9.15 Å². The molecule has 7 heteroatoms. The monoisotopic (exact) mass is 374 g/mol. The second kappa shape index (κ2) is 6.96. The van der Waals surface area contributed by atoms with Crippen LogP contribution in [0.5, 0.6) is 0 Å². The van der Waals surface area contributed by atoms with E-state index in [2.05, 4.69) is 4.99 Å². The smallest absolute Gasteiger partial charge is 0.363 e. The van der Waals surface area contributed by atoms with E-state index in [9.17, 15) is 14.9 Å². The van der Waals surface area contributed by atoms with Crippen molar-refractivity contribution in [3.63, 3.8) is 0 Å². The number of nitro groups is 1. The molecule has 0 fully saturated rings. The fraction of sp³-hybridized carbons (Fsp3) is 0.0476. The zero-order valence-corrected chi connectivity index (χ0v) is 14.8. The number of hydrogen-bond donors (Lipinski definition) is 0. The molecule has 0 bridgehead atoms. The minimum absolute atomic E-state index is 0.0272. The lowest BCUT2D eigenvalue weighted by molar-refractivity contribution is -0.384. The van der Waals surface area contributed by atoms with Crippen LogP contribution in [0.15, 0.2) is 75.8 Å². The molecule has 0 radical (unpaired) electrons. The van der Waals surface area contributed by atoms with Crippen molar-refractivity contribution >= 4 is 23.6 Å². The summed E-state index contributed by atoms with van der Waals surface area (Å²) < 4.78 is 10.9. The summed E-state index contributed by atoms with van der Waals surface area (Å²) in [4.78, 5) is 26.8. The SMILES string of the molecule is Cc1cccc(C2=N/C(=C/c3ccc(-c4cccc([N+](=O)[O-])c4)o3)C(=O)O2)c1. The van der Waals surface area contributed by atoms with Gasteiger partial charge in [0.2, 0.25) is 5.90 Å². The zero-order chi connectivity index (χ0) is 19.7. The summed E-state index contributed by atoms with van der Waals surface area (Å²) in [5.74, 6) is 0.516. The van der Waals surface area contributed by atoms with Gasteiger partial charge in [-0.2, -0.15) is 0 Å². The van der Waals surface area contributed by atoms with Crippen molar-refractivity contribution in [1.29, 1.82) is 0 Å². The summed E-state index contributed by atoms with van der Waals surface area (Å²) in [5, 5.41) is 10.9. The Labute approximate surface area is 159 Å². The first-order chi connectivity index (χ1) is 13.5. The molecule has 0 unspecified atom stereocenters. The third kappa shape index (κ3) is 3.45. The van der Waals surface area contributed by atoms with Gasteiger partial charge in [0.05, 0.1) is 4.92 Å². The van der Waals surface area contributed by atoms with Gasteiger partial charge in [0.15, 0.2) is 5.70 Å². The molecule has 0 saturated carbocycles. The normalized spacial score (nSPS) is 14.8. The second-order valence-electron chi connectivity index (χ2n) is 6.21. The summed E-state index contributed by atoms with van der Waals surface area (Å²) >= 11 is 0. The highest BCUT2D eigenvalue weighted by molar-refractivity contribution is 6.12. The molecular weight excluding hydrogens is 360 g/mol. The molecule has 7 nitrogen and oxygen atoms in total. The van der Waals surface area contributed by atoms with Crippen LogP contribution < -0.4 is 0 Å². The molecule has 0 aliphatic carbocycles. The van der Waals surface area contributed by atoms with E-state index in [1.54, 1.807) is 24.3 Å².